The third kappa shape index (κ3) is 1.47. The normalized spacial score (nSPS) is 31.4. The number of nitrogens with zero attached hydrogens (tertiary/aromatic N) is 1. The molecule has 3 aliphatic rings. The number of carbonyl (C=O) groups excluding carboxylic acids is 1. The van der Waals surface area contributed by atoms with Crippen LogP contribution in [0.2, 0.25) is 0 Å². The van der Waals surface area contributed by atoms with Crippen LogP contribution in [0.4, 0.5) is 0 Å². The van der Waals surface area contributed by atoms with Crippen LogP contribution in [0.5, 0.6) is 0 Å². The van der Waals surface area contributed by atoms with Crippen molar-refractivity contribution in [3.63, 3.8) is 0 Å². The van der Waals surface area contributed by atoms with E-state index in [9.17, 15) is 9.90 Å². The summed E-state index contributed by atoms with van der Waals surface area (Å²) in [7, 11) is 0. The van der Waals surface area contributed by atoms with Crippen molar-refractivity contribution in [1.82, 2.24) is 4.90 Å². The van der Waals surface area contributed by atoms with Gasteiger partial charge >= 0.3 is 0 Å². The lowest BCUT2D eigenvalue weighted by Gasteiger charge is -2.39. The maximum Gasteiger partial charge on any atom is 0.233 e. The molecule has 3 nitrogen and oxygen atoms in total. The Labute approximate surface area is 119 Å². The summed E-state index contributed by atoms with van der Waals surface area (Å²) in [5.41, 5.74) is 1.12. The van der Waals surface area contributed by atoms with E-state index in [1.165, 1.54) is 31.2 Å². The molecule has 0 bridgehead atoms. The second-order valence-corrected chi connectivity index (χ2v) is 6.80. The van der Waals surface area contributed by atoms with E-state index in [1.54, 1.807) is 0 Å². The molecule has 0 aromatic heterocycles. The van der Waals surface area contributed by atoms with Gasteiger partial charge in [0.1, 0.15) is 0 Å². The third-order valence-corrected chi connectivity index (χ3v) is 5.73. The summed E-state index contributed by atoms with van der Waals surface area (Å²) < 4.78 is 0. The summed E-state index contributed by atoms with van der Waals surface area (Å²) >= 11 is 0. The van der Waals surface area contributed by atoms with Crippen LogP contribution in [0, 0.1) is 5.41 Å². The summed E-state index contributed by atoms with van der Waals surface area (Å²) in [6.07, 6.45) is 5.57. The monoisotopic (exact) mass is 271 g/mol. The Kier molecular flexibility index (Phi) is 2.53. The minimum Gasteiger partial charge on any atom is -0.389 e. The Hall–Kier alpha value is -1.35. The predicted octanol–water partition coefficient (Wildman–Crippen LogP) is 2.09. The predicted molar refractivity (Wildman–Crippen MR) is 76.2 cm³/mol. The lowest BCUT2D eigenvalue weighted by atomic mass is 9.83. The number of hydrogen-bond donors (Lipinski definition) is 1. The zero-order valence-corrected chi connectivity index (χ0v) is 11.7. The third-order valence-electron chi connectivity index (χ3n) is 5.73. The van der Waals surface area contributed by atoms with Gasteiger partial charge in [0.25, 0.3) is 0 Å². The minimum atomic E-state index is -0.315. The maximum absolute atomic E-state index is 13.0. The van der Waals surface area contributed by atoms with E-state index in [1.807, 2.05) is 23.1 Å². The molecule has 1 N–H and O–H groups in total. The molecule has 1 amide bonds. The van der Waals surface area contributed by atoms with Gasteiger partial charge in [-0.05, 0) is 30.2 Å². The first kappa shape index (κ1) is 12.4. The number of β-amino-alcohol motifs (C(OH)–C–C–N with tert-alkyl or cyclic N) is 1. The lowest BCUT2D eigenvalue weighted by Crippen LogP contribution is -2.57. The quantitative estimate of drug-likeness (QED) is 0.895. The molecule has 3 heteroatoms. The minimum absolute atomic E-state index is 0.214. The average molecular weight is 271 g/mol. The second kappa shape index (κ2) is 4.08. The van der Waals surface area contributed by atoms with E-state index in [2.05, 4.69) is 12.1 Å². The number of hydrogen-bond acceptors (Lipinski definition) is 2. The van der Waals surface area contributed by atoms with Crippen LogP contribution in [0.3, 0.4) is 0 Å². The molecule has 1 spiro atoms. The van der Waals surface area contributed by atoms with Gasteiger partial charge in [-0.1, -0.05) is 43.2 Å². The van der Waals surface area contributed by atoms with Crippen molar-refractivity contribution in [3.8, 4) is 0 Å². The second-order valence-electron chi connectivity index (χ2n) is 6.80. The highest BCUT2D eigenvalue weighted by Crippen LogP contribution is 2.72. The molecule has 1 saturated heterocycles. The maximum atomic E-state index is 13.0. The summed E-state index contributed by atoms with van der Waals surface area (Å²) in [5.74, 6) is 0.260. The van der Waals surface area contributed by atoms with Crippen molar-refractivity contribution in [2.24, 2.45) is 5.41 Å². The van der Waals surface area contributed by atoms with Crippen LogP contribution in [0.15, 0.2) is 30.3 Å². The number of carbonyl (C=O) groups is 1. The van der Waals surface area contributed by atoms with Gasteiger partial charge in [-0.3, -0.25) is 4.79 Å². The van der Waals surface area contributed by atoms with E-state index in [0.717, 1.165) is 6.42 Å². The Morgan fingerprint density at radius 1 is 1.15 bits per heavy atom. The van der Waals surface area contributed by atoms with Crippen LogP contribution in [-0.4, -0.2) is 35.1 Å². The molecule has 1 heterocycles. The Bertz CT molecular complexity index is 529. The summed E-state index contributed by atoms with van der Waals surface area (Å²) in [5, 5.41) is 9.49. The van der Waals surface area contributed by atoms with Gasteiger partial charge in [0.2, 0.25) is 5.91 Å². The van der Waals surface area contributed by atoms with E-state index in [-0.39, 0.29) is 22.8 Å². The number of likely N-dealkylation sites (tertiary alicyclic amines) is 1. The van der Waals surface area contributed by atoms with Crippen LogP contribution in [0.1, 0.15) is 37.7 Å². The van der Waals surface area contributed by atoms with Gasteiger partial charge in [-0.15, -0.1) is 0 Å². The van der Waals surface area contributed by atoms with Gasteiger partial charge < -0.3 is 10.0 Å². The van der Waals surface area contributed by atoms with Crippen LogP contribution >= 0.6 is 0 Å². The number of aliphatic hydroxyl groups is 1. The van der Waals surface area contributed by atoms with Crippen LogP contribution in [0.25, 0.3) is 0 Å². The molecule has 0 radical (unpaired) electrons. The molecule has 3 fully saturated rings. The van der Waals surface area contributed by atoms with Gasteiger partial charge in [-0.25, -0.2) is 0 Å². The SMILES string of the molecule is O=C(N1CC(O)C1)C1(c2ccccc2)CC12CCCC2. The van der Waals surface area contributed by atoms with Gasteiger partial charge in [0.15, 0.2) is 0 Å². The fourth-order valence-electron chi connectivity index (χ4n) is 4.57. The highest BCUT2D eigenvalue weighted by molar-refractivity contribution is 5.94. The lowest BCUT2D eigenvalue weighted by molar-refractivity contribution is -0.145. The van der Waals surface area contributed by atoms with Crippen molar-refractivity contribution >= 4 is 5.91 Å². The summed E-state index contributed by atoms with van der Waals surface area (Å²) in [4.78, 5) is 14.9. The smallest absolute Gasteiger partial charge is 0.233 e. The van der Waals surface area contributed by atoms with E-state index in [4.69, 9.17) is 0 Å². The van der Waals surface area contributed by atoms with Crippen molar-refractivity contribution < 1.29 is 9.90 Å². The van der Waals surface area contributed by atoms with E-state index < -0.39 is 0 Å². The zero-order chi connectivity index (χ0) is 13.8. The topological polar surface area (TPSA) is 40.5 Å². The Balaban J connectivity index is 1.70. The van der Waals surface area contributed by atoms with Gasteiger partial charge in [0, 0.05) is 13.1 Å². The first-order valence-electron chi connectivity index (χ1n) is 7.71. The van der Waals surface area contributed by atoms with Crippen molar-refractivity contribution in [1.29, 1.82) is 0 Å². The van der Waals surface area contributed by atoms with E-state index >= 15 is 0 Å². The van der Waals surface area contributed by atoms with Gasteiger partial charge in [-0.2, -0.15) is 0 Å². The summed E-state index contributed by atoms with van der Waals surface area (Å²) in [6, 6.07) is 10.3. The fourth-order valence-corrected chi connectivity index (χ4v) is 4.57. The van der Waals surface area contributed by atoms with Gasteiger partial charge in [0.05, 0.1) is 11.5 Å². The van der Waals surface area contributed by atoms with Crippen molar-refractivity contribution in [2.45, 2.75) is 43.6 Å². The zero-order valence-electron chi connectivity index (χ0n) is 11.7. The van der Waals surface area contributed by atoms with E-state index in [0.29, 0.717) is 13.1 Å². The molecular formula is C17H21NO2. The van der Waals surface area contributed by atoms with Crippen molar-refractivity contribution in [3.05, 3.63) is 35.9 Å². The fraction of sp³-hybridized carbons (Fsp3) is 0.588. The molecule has 1 aliphatic heterocycles. The molecule has 1 aromatic rings. The number of rotatable bonds is 2. The standard InChI is InChI=1S/C17H21NO2/c19-14-10-18(11-14)15(20)17(13-6-2-1-3-7-13)12-16(17)8-4-5-9-16/h1-3,6-7,14,19H,4-5,8-12H2. The number of aliphatic hydroxyl groups excluding tert-OH is 1. The highest BCUT2D eigenvalue weighted by atomic mass is 16.3. The molecule has 20 heavy (non-hydrogen) atoms. The first-order chi connectivity index (χ1) is 9.68. The molecular weight excluding hydrogens is 250 g/mol. The largest absolute Gasteiger partial charge is 0.389 e. The Morgan fingerprint density at radius 3 is 2.40 bits per heavy atom. The number of amides is 1. The molecule has 1 atom stereocenters. The molecule has 1 unspecified atom stereocenters. The molecule has 106 valence electrons. The van der Waals surface area contributed by atoms with Crippen molar-refractivity contribution in [2.75, 3.05) is 13.1 Å². The van der Waals surface area contributed by atoms with Crippen LogP contribution in [-0.2, 0) is 10.2 Å². The molecule has 4 rings (SSSR count). The summed E-state index contributed by atoms with van der Waals surface area (Å²) in [6.45, 7) is 1.03. The molecule has 2 saturated carbocycles. The molecule has 1 aromatic carbocycles. The van der Waals surface area contributed by atoms with Crippen LogP contribution < -0.4 is 0 Å². The average Bonchev–Trinajstić information content (AvgIpc) is 2.84. The highest BCUT2D eigenvalue weighted by Gasteiger charge is 2.73. The Morgan fingerprint density at radius 2 is 1.80 bits per heavy atom. The first-order valence-corrected chi connectivity index (χ1v) is 7.71. The number of benzene rings is 1. The molecule has 2 aliphatic carbocycles.